The van der Waals surface area contributed by atoms with Gasteiger partial charge in [-0.25, -0.2) is 0 Å². The molecule has 1 heterocycles. The highest BCUT2D eigenvalue weighted by atomic mass is 16.2. The lowest BCUT2D eigenvalue weighted by molar-refractivity contribution is -0.122. The minimum absolute atomic E-state index is 0.136. The minimum Gasteiger partial charge on any atom is -0.351 e. The van der Waals surface area contributed by atoms with Gasteiger partial charge in [-0.3, -0.25) is 9.69 Å². The van der Waals surface area contributed by atoms with Gasteiger partial charge in [-0.2, -0.15) is 0 Å². The molecule has 0 spiro atoms. The Morgan fingerprint density at radius 2 is 2.21 bits per heavy atom. The van der Waals surface area contributed by atoms with E-state index >= 15 is 0 Å². The molecule has 1 aromatic carbocycles. The van der Waals surface area contributed by atoms with Crippen molar-refractivity contribution in [1.29, 1.82) is 0 Å². The van der Waals surface area contributed by atoms with Crippen LogP contribution in [0.25, 0.3) is 0 Å². The molecule has 1 atom stereocenters. The zero-order valence-electron chi connectivity index (χ0n) is 12.0. The van der Waals surface area contributed by atoms with Crippen molar-refractivity contribution in [2.24, 2.45) is 5.92 Å². The van der Waals surface area contributed by atoms with Gasteiger partial charge in [0, 0.05) is 13.1 Å². The van der Waals surface area contributed by atoms with E-state index in [4.69, 9.17) is 0 Å². The van der Waals surface area contributed by atoms with Gasteiger partial charge in [0.05, 0.1) is 6.54 Å². The van der Waals surface area contributed by atoms with Crippen LogP contribution >= 0.6 is 0 Å². The average molecular weight is 260 g/mol. The van der Waals surface area contributed by atoms with Gasteiger partial charge in [0.1, 0.15) is 0 Å². The van der Waals surface area contributed by atoms with E-state index < -0.39 is 0 Å². The molecule has 1 aliphatic heterocycles. The molecule has 1 aliphatic rings. The summed E-state index contributed by atoms with van der Waals surface area (Å²) in [5, 5.41) is 3.02. The van der Waals surface area contributed by atoms with Crippen molar-refractivity contribution in [2.45, 2.75) is 33.2 Å². The molecule has 1 amide bonds. The Morgan fingerprint density at radius 3 is 2.95 bits per heavy atom. The third kappa shape index (κ3) is 4.35. The van der Waals surface area contributed by atoms with Crippen molar-refractivity contribution in [1.82, 2.24) is 10.2 Å². The zero-order valence-corrected chi connectivity index (χ0v) is 12.0. The second-order valence-electron chi connectivity index (χ2n) is 5.69. The highest BCUT2D eigenvalue weighted by Gasteiger charge is 2.18. The predicted octanol–water partition coefficient (Wildman–Crippen LogP) is 2.34. The van der Waals surface area contributed by atoms with Crippen molar-refractivity contribution >= 4 is 5.91 Å². The Bertz CT molecular complexity index is 431. The van der Waals surface area contributed by atoms with Gasteiger partial charge in [0.2, 0.25) is 5.91 Å². The first kappa shape index (κ1) is 14.1. The molecular formula is C16H24N2O. The van der Waals surface area contributed by atoms with Gasteiger partial charge >= 0.3 is 0 Å². The normalized spacial score (nSPS) is 20.2. The number of carbonyl (C=O) groups is 1. The lowest BCUT2D eigenvalue weighted by Gasteiger charge is -2.30. The number of hydrogen-bond donors (Lipinski definition) is 1. The molecule has 0 bridgehead atoms. The quantitative estimate of drug-likeness (QED) is 0.901. The third-order valence-corrected chi connectivity index (χ3v) is 3.85. The fraction of sp³-hybridized carbons (Fsp3) is 0.562. The van der Waals surface area contributed by atoms with Crippen LogP contribution in [-0.4, -0.2) is 30.4 Å². The van der Waals surface area contributed by atoms with E-state index in [2.05, 4.69) is 36.2 Å². The Kier molecular flexibility index (Phi) is 4.97. The highest BCUT2D eigenvalue weighted by Crippen LogP contribution is 2.14. The molecule has 104 valence electrons. The van der Waals surface area contributed by atoms with Gasteiger partial charge in [0.15, 0.2) is 0 Å². The Balaban J connectivity index is 1.77. The molecule has 0 aliphatic carbocycles. The van der Waals surface area contributed by atoms with E-state index in [1.807, 2.05) is 12.1 Å². The first-order valence-corrected chi connectivity index (χ1v) is 7.18. The van der Waals surface area contributed by atoms with Gasteiger partial charge in [-0.1, -0.05) is 31.2 Å². The fourth-order valence-electron chi connectivity index (χ4n) is 2.69. The second kappa shape index (κ2) is 6.71. The van der Waals surface area contributed by atoms with Crippen molar-refractivity contribution in [3.05, 3.63) is 35.4 Å². The van der Waals surface area contributed by atoms with Crippen LogP contribution in [0.2, 0.25) is 0 Å². The molecule has 1 aromatic rings. The summed E-state index contributed by atoms with van der Waals surface area (Å²) in [6.07, 6.45) is 2.51. The van der Waals surface area contributed by atoms with E-state index in [1.54, 1.807) is 0 Å². The number of aryl methyl sites for hydroxylation is 1. The van der Waals surface area contributed by atoms with Gasteiger partial charge < -0.3 is 5.32 Å². The van der Waals surface area contributed by atoms with Crippen molar-refractivity contribution < 1.29 is 4.79 Å². The lowest BCUT2D eigenvalue weighted by atomic mass is 10.0. The van der Waals surface area contributed by atoms with E-state index in [-0.39, 0.29) is 5.91 Å². The van der Waals surface area contributed by atoms with E-state index in [1.165, 1.54) is 24.0 Å². The Morgan fingerprint density at radius 1 is 1.42 bits per heavy atom. The highest BCUT2D eigenvalue weighted by molar-refractivity contribution is 5.78. The summed E-state index contributed by atoms with van der Waals surface area (Å²) in [6, 6.07) is 8.18. The standard InChI is InChI=1S/C16H24N2O/c1-13-6-5-9-18(11-13)12-16(19)17-10-15-8-4-3-7-14(15)2/h3-4,7-8,13H,5-6,9-12H2,1-2H3,(H,17,19). The summed E-state index contributed by atoms with van der Waals surface area (Å²) < 4.78 is 0. The van der Waals surface area contributed by atoms with E-state index in [0.717, 1.165) is 19.0 Å². The maximum atomic E-state index is 11.9. The van der Waals surface area contributed by atoms with Crippen LogP contribution in [0.15, 0.2) is 24.3 Å². The Hall–Kier alpha value is -1.35. The minimum atomic E-state index is 0.136. The Labute approximate surface area is 116 Å². The van der Waals surface area contributed by atoms with E-state index in [0.29, 0.717) is 13.1 Å². The number of piperidine rings is 1. The monoisotopic (exact) mass is 260 g/mol. The average Bonchev–Trinajstić information content (AvgIpc) is 2.38. The number of amides is 1. The van der Waals surface area contributed by atoms with Gasteiger partial charge in [-0.15, -0.1) is 0 Å². The molecule has 3 nitrogen and oxygen atoms in total. The van der Waals surface area contributed by atoms with Gasteiger partial charge in [-0.05, 0) is 43.4 Å². The largest absolute Gasteiger partial charge is 0.351 e. The fourth-order valence-corrected chi connectivity index (χ4v) is 2.69. The maximum absolute atomic E-state index is 11.9. The summed E-state index contributed by atoms with van der Waals surface area (Å²) in [5.74, 6) is 0.857. The third-order valence-electron chi connectivity index (χ3n) is 3.85. The number of nitrogens with zero attached hydrogens (tertiary/aromatic N) is 1. The molecule has 1 fully saturated rings. The first-order chi connectivity index (χ1) is 9.15. The molecule has 3 heteroatoms. The molecule has 2 rings (SSSR count). The van der Waals surface area contributed by atoms with Crippen LogP contribution in [0.5, 0.6) is 0 Å². The summed E-state index contributed by atoms with van der Waals surface area (Å²) in [5.41, 5.74) is 2.43. The number of carbonyl (C=O) groups excluding carboxylic acids is 1. The van der Waals surface area contributed by atoms with Crippen LogP contribution in [0, 0.1) is 12.8 Å². The van der Waals surface area contributed by atoms with Gasteiger partial charge in [0.25, 0.3) is 0 Å². The van der Waals surface area contributed by atoms with Crippen LogP contribution in [0.4, 0.5) is 0 Å². The van der Waals surface area contributed by atoms with Crippen LogP contribution in [0.3, 0.4) is 0 Å². The number of benzene rings is 1. The van der Waals surface area contributed by atoms with E-state index in [9.17, 15) is 4.79 Å². The number of nitrogens with one attached hydrogen (secondary N) is 1. The smallest absolute Gasteiger partial charge is 0.234 e. The van der Waals surface area contributed by atoms with Crippen LogP contribution < -0.4 is 5.32 Å². The maximum Gasteiger partial charge on any atom is 0.234 e. The van der Waals surface area contributed by atoms with Crippen molar-refractivity contribution in [3.63, 3.8) is 0 Å². The van der Waals surface area contributed by atoms with Crippen molar-refractivity contribution in [2.75, 3.05) is 19.6 Å². The molecule has 1 saturated heterocycles. The number of likely N-dealkylation sites (tertiary alicyclic amines) is 1. The van der Waals surface area contributed by atoms with Crippen molar-refractivity contribution in [3.8, 4) is 0 Å². The molecule has 0 saturated carbocycles. The zero-order chi connectivity index (χ0) is 13.7. The molecule has 19 heavy (non-hydrogen) atoms. The summed E-state index contributed by atoms with van der Waals surface area (Å²) in [6.45, 7) is 7.62. The summed E-state index contributed by atoms with van der Waals surface area (Å²) in [7, 11) is 0. The topological polar surface area (TPSA) is 32.3 Å². The molecule has 1 unspecified atom stereocenters. The predicted molar refractivity (Wildman–Crippen MR) is 77.9 cm³/mol. The molecule has 1 N–H and O–H groups in total. The SMILES string of the molecule is Cc1ccccc1CNC(=O)CN1CCCC(C)C1. The molecule has 0 radical (unpaired) electrons. The molecular weight excluding hydrogens is 236 g/mol. The van der Waals surface area contributed by atoms with Crippen LogP contribution in [0.1, 0.15) is 30.9 Å². The number of hydrogen-bond acceptors (Lipinski definition) is 2. The first-order valence-electron chi connectivity index (χ1n) is 7.18. The van der Waals surface area contributed by atoms with Crippen LogP contribution in [-0.2, 0) is 11.3 Å². The lowest BCUT2D eigenvalue weighted by Crippen LogP contribution is -2.41. The number of rotatable bonds is 4. The summed E-state index contributed by atoms with van der Waals surface area (Å²) in [4.78, 5) is 14.2. The second-order valence-corrected chi connectivity index (χ2v) is 5.69. The molecule has 0 aromatic heterocycles. The summed E-state index contributed by atoms with van der Waals surface area (Å²) >= 11 is 0.